The summed E-state index contributed by atoms with van der Waals surface area (Å²) in [7, 11) is 0. The maximum Gasteiger partial charge on any atom is 0.233 e. The van der Waals surface area contributed by atoms with E-state index < -0.39 is 0 Å². The maximum absolute atomic E-state index is 12.4. The van der Waals surface area contributed by atoms with Gasteiger partial charge in [-0.05, 0) is 25.7 Å². The molecule has 2 rings (SSSR count). The number of hydrogen-bond donors (Lipinski definition) is 0. The predicted molar refractivity (Wildman–Crippen MR) is 83.9 cm³/mol. The van der Waals surface area contributed by atoms with Crippen molar-refractivity contribution in [2.24, 2.45) is 11.8 Å². The Kier molecular flexibility index (Phi) is 5.98. The second kappa shape index (κ2) is 7.75. The third-order valence-electron chi connectivity index (χ3n) is 4.82. The highest BCUT2D eigenvalue weighted by Crippen LogP contribution is 2.37. The van der Waals surface area contributed by atoms with Crippen LogP contribution >= 0.6 is 0 Å². The van der Waals surface area contributed by atoms with Gasteiger partial charge in [0, 0.05) is 26.1 Å². The van der Waals surface area contributed by atoms with Crippen molar-refractivity contribution in [3.63, 3.8) is 0 Å². The number of imide groups is 1. The lowest BCUT2D eigenvalue weighted by Crippen LogP contribution is -2.38. The lowest BCUT2D eigenvalue weighted by atomic mass is 9.81. The summed E-state index contributed by atoms with van der Waals surface area (Å²) in [6.45, 7) is 5.86. The van der Waals surface area contributed by atoms with Gasteiger partial charge in [0.05, 0.1) is 11.8 Å². The number of rotatable bonds is 7. The Morgan fingerprint density at radius 1 is 1.05 bits per heavy atom. The van der Waals surface area contributed by atoms with Crippen molar-refractivity contribution < 1.29 is 14.4 Å². The van der Waals surface area contributed by atoms with Gasteiger partial charge in [-0.15, -0.1) is 0 Å². The van der Waals surface area contributed by atoms with Gasteiger partial charge >= 0.3 is 0 Å². The van der Waals surface area contributed by atoms with Gasteiger partial charge in [0.2, 0.25) is 17.7 Å². The summed E-state index contributed by atoms with van der Waals surface area (Å²) >= 11 is 0. The van der Waals surface area contributed by atoms with Crippen LogP contribution < -0.4 is 0 Å². The molecule has 0 spiro atoms. The van der Waals surface area contributed by atoms with E-state index in [0.29, 0.717) is 0 Å². The Labute approximate surface area is 133 Å². The quantitative estimate of drug-likeness (QED) is 0.678. The SMILES string of the molecule is CCCN(CCC)C(=O)CCN1C(=O)C2CCCCC2C1=O. The van der Waals surface area contributed by atoms with E-state index in [1.54, 1.807) is 0 Å². The molecule has 5 nitrogen and oxygen atoms in total. The smallest absolute Gasteiger partial charge is 0.233 e. The van der Waals surface area contributed by atoms with Crippen molar-refractivity contribution >= 4 is 17.7 Å². The number of fused-ring (bicyclic) bond motifs is 1. The van der Waals surface area contributed by atoms with E-state index in [4.69, 9.17) is 0 Å². The zero-order valence-corrected chi connectivity index (χ0v) is 13.8. The molecule has 22 heavy (non-hydrogen) atoms. The zero-order valence-electron chi connectivity index (χ0n) is 13.8. The van der Waals surface area contributed by atoms with Crippen LogP contribution in [0.1, 0.15) is 58.8 Å². The summed E-state index contributed by atoms with van der Waals surface area (Å²) in [6, 6.07) is 0. The molecule has 0 aromatic heterocycles. The van der Waals surface area contributed by atoms with Crippen LogP contribution in [0.2, 0.25) is 0 Å². The highest BCUT2D eigenvalue weighted by atomic mass is 16.2. The molecule has 0 radical (unpaired) electrons. The molecular weight excluding hydrogens is 280 g/mol. The third-order valence-corrected chi connectivity index (χ3v) is 4.82. The molecule has 1 saturated heterocycles. The first kappa shape index (κ1) is 17.0. The van der Waals surface area contributed by atoms with Gasteiger partial charge in [0.25, 0.3) is 0 Å². The van der Waals surface area contributed by atoms with Crippen molar-refractivity contribution in [3.8, 4) is 0 Å². The molecule has 2 unspecified atom stereocenters. The predicted octanol–water partition coefficient (Wildman–Crippen LogP) is 2.20. The molecule has 0 aromatic rings. The summed E-state index contributed by atoms with van der Waals surface area (Å²) in [6.07, 6.45) is 5.85. The average molecular weight is 308 g/mol. The first-order chi connectivity index (χ1) is 10.6. The van der Waals surface area contributed by atoms with Gasteiger partial charge in [-0.25, -0.2) is 0 Å². The van der Waals surface area contributed by atoms with E-state index in [-0.39, 0.29) is 42.5 Å². The molecule has 2 atom stereocenters. The number of likely N-dealkylation sites (tertiary alicyclic amines) is 1. The number of nitrogens with zero attached hydrogens (tertiary/aromatic N) is 2. The van der Waals surface area contributed by atoms with Crippen LogP contribution in [-0.4, -0.2) is 47.2 Å². The van der Waals surface area contributed by atoms with Crippen molar-refractivity contribution in [2.45, 2.75) is 58.8 Å². The molecule has 124 valence electrons. The summed E-state index contributed by atoms with van der Waals surface area (Å²) in [5.41, 5.74) is 0. The largest absolute Gasteiger partial charge is 0.343 e. The molecule has 1 saturated carbocycles. The Morgan fingerprint density at radius 3 is 2.00 bits per heavy atom. The molecule has 0 aromatic carbocycles. The van der Waals surface area contributed by atoms with Crippen molar-refractivity contribution in [1.29, 1.82) is 0 Å². The van der Waals surface area contributed by atoms with Crippen molar-refractivity contribution in [1.82, 2.24) is 9.80 Å². The molecule has 3 amide bonds. The van der Waals surface area contributed by atoms with Crippen LogP contribution in [0.5, 0.6) is 0 Å². The van der Waals surface area contributed by atoms with Crippen LogP contribution in [0.15, 0.2) is 0 Å². The summed E-state index contributed by atoms with van der Waals surface area (Å²) < 4.78 is 0. The van der Waals surface area contributed by atoms with Gasteiger partial charge in [0.15, 0.2) is 0 Å². The van der Waals surface area contributed by atoms with Gasteiger partial charge in [-0.3, -0.25) is 19.3 Å². The fourth-order valence-electron chi connectivity index (χ4n) is 3.72. The number of carbonyl (C=O) groups is 3. The lowest BCUT2D eigenvalue weighted by Gasteiger charge is -2.23. The van der Waals surface area contributed by atoms with E-state index in [9.17, 15) is 14.4 Å². The average Bonchev–Trinajstić information content (AvgIpc) is 2.77. The molecule has 2 fully saturated rings. The van der Waals surface area contributed by atoms with Crippen LogP contribution in [0.4, 0.5) is 0 Å². The second-order valence-electron chi connectivity index (χ2n) is 6.46. The summed E-state index contributed by atoms with van der Waals surface area (Å²) in [5.74, 6) is -0.253. The Balaban J connectivity index is 1.91. The molecule has 1 aliphatic carbocycles. The van der Waals surface area contributed by atoms with Crippen LogP contribution in [-0.2, 0) is 14.4 Å². The Hall–Kier alpha value is -1.39. The van der Waals surface area contributed by atoms with Gasteiger partial charge in [-0.2, -0.15) is 0 Å². The van der Waals surface area contributed by atoms with Crippen molar-refractivity contribution in [3.05, 3.63) is 0 Å². The number of amides is 3. The maximum atomic E-state index is 12.4. The molecular formula is C17H28N2O3. The second-order valence-corrected chi connectivity index (χ2v) is 6.46. The van der Waals surface area contributed by atoms with Crippen LogP contribution in [0.3, 0.4) is 0 Å². The molecule has 1 aliphatic heterocycles. The van der Waals surface area contributed by atoms with E-state index >= 15 is 0 Å². The molecule has 2 aliphatic rings. The monoisotopic (exact) mass is 308 g/mol. The minimum absolute atomic E-state index is 0.0416. The fraction of sp³-hybridized carbons (Fsp3) is 0.824. The van der Waals surface area contributed by atoms with E-state index in [1.807, 2.05) is 18.7 Å². The number of carbonyl (C=O) groups excluding carboxylic acids is 3. The normalized spacial score (nSPS) is 24.5. The molecule has 0 N–H and O–H groups in total. The summed E-state index contributed by atoms with van der Waals surface area (Å²) in [4.78, 5) is 40.2. The van der Waals surface area contributed by atoms with Crippen molar-refractivity contribution in [2.75, 3.05) is 19.6 Å². The molecule has 0 bridgehead atoms. The molecule has 5 heteroatoms. The van der Waals surface area contributed by atoms with Crippen LogP contribution in [0, 0.1) is 11.8 Å². The van der Waals surface area contributed by atoms with E-state index in [1.165, 1.54) is 4.90 Å². The van der Waals surface area contributed by atoms with Gasteiger partial charge < -0.3 is 4.90 Å². The Morgan fingerprint density at radius 2 is 1.55 bits per heavy atom. The number of hydrogen-bond acceptors (Lipinski definition) is 3. The minimum atomic E-state index is -0.112. The van der Waals surface area contributed by atoms with Gasteiger partial charge in [-0.1, -0.05) is 26.7 Å². The first-order valence-corrected chi connectivity index (χ1v) is 8.73. The first-order valence-electron chi connectivity index (χ1n) is 8.73. The minimum Gasteiger partial charge on any atom is -0.343 e. The molecule has 1 heterocycles. The Bertz CT molecular complexity index is 406. The van der Waals surface area contributed by atoms with Gasteiger partial charge in [0.1, 0.15) is 0 Å². The highest BCUT2D eigenvalue weighted by Gasteiger charge is 2.47. The summed E-state index contributed by atoms with van der Waals surface area (Å²) in [5, 5.41) is 0. The fourth-order valence-corrected chi connectivity index (χ4v) is 3.72. The van der Waals surface area contributed by atoms with E-state index in [0.717, 1.165) is 51.6 Å². The van der Waals surface area contributed by atoms with Crippen LogP contribution in [0.25, 0.3) is 0 Å². The lowest BCUT2D eigenvalue weighted by molar-refractivity contribution is -0.140. The topological polar surface area (TPSA) is 57.7 Å². The standard InChI is InChI=1S/C17H28N2O3/c1-3-10-18(11-4-2)15(20)9-12-19-16(21)13-7-5-6-8-14(13)17(19)22/h13-14H,3-12H2,1-2H3. The zero-order chi connectivity index (χ0) is 16.1. The third kappa shape index (κ3) is 3.50. The van der Waals surface area contributed by atoms with E-state index in [2.05, 4.69) is 0 Å². The highest BCUT2D eigenvalue weighted by molar-refractivity contribution is 6.05.